The maximum absolute atomic E-state index is 14.1. The second-order valence-electron chi connectivity index (χ2n) is 10.6. The van der Waals surface area contributed by atoms with Gasteiger partial charge in [-0.1, -0.05) is 68.8 Å². The number of hydrogen-bond acceptors (Lipinski definition) is 5. The lowest BCUT2D eigenvalue weighted by Gasteiger charge is -2.33. The quantitative estimate of drug-likeness (QED) is 0.261. The van der Waals surface area contributed by atoms with E-state index in [9.17, 15) is 18.0 Å². The third-order valence-corrected chi connectivity index (χ3v) is 8.67. The van der Waals surface area contributed by atoms with Crippen LogP contribution in [-0.4, -0.2) is 57.4 Å². The van der Waals surface area contributed by atoms with Gasteiger partial charge in [-0.15, -0.1) is 0 Å². The monoisotopic (exact) mass is 593 g/mol. The van der Waals surface area contributed by atoms with Gasteiger partial charge in [0.05, 0.1) is 17.2 Å². The number of ether oxygens (including phenoxy) is 1. The van der Waals surface area contributed by atoms with Crippen LogP contribution in [0.5, 0.6) is 5.75 Å². The zero-order valence-electron chi connectivity index (χ0n) is 25.2. The molecule has 1 N–H and O–H groups in total. The number of carbonyl (C=O) groups excluding carboxylic acids is 2. The minimum absolute atomic E-state index is 0.0762. The van der Waals surface area contributed by atoms with E-state index in [2.05, 4.69) is 5.32 Å². The molecule has 0 bridgehead atoms. The number of amides is 2. The van der Waals surface area contributed by atoms with Crippen molar-refractivity contribution < 1.29 is 22.7 Å². The van der Waals surface area contributed by atoms with E-state index in [1.165, 1.54) is 17.0 Å². The first kappa shape index (κ1) is 32.7. The molecule has 3 aromatic rings. The first-order valence-corrected chi connectivity index (χ1v) is 15.9. The van der Waals surface area contributed by atoms with Gasteiger partial charge in [-0.3, -0.25) is 13.9 Å². The average molecular weight is 594 g/mol. The van der Waals surface area contributed by atoms with E-state index in [0.717, 1.165) is 15.4 Å². The van der Waals surface area contributed by atoms with Gasteiger partial charge in [-0.05, 0) is 74.6 Å². The first-order valence-electron chi connectivity index (χ1n) is 14.5. The zero-order chi connectivity index (χ0) is 30.7. The van der Waals surface area contributed by atoms with Crippen molar-refractivity contribution in [3.05, 3.63) is 90.0 Å². The molecule has 1 atom stereocenters. The van der Waals surface area contributed by atoms with E-state index in [0.29, 0.717) is 37.4 Å². The number of benzene rings is 3. The molecule has 0 aliphatic rings. The van der Waals surface area contributed by atoms with Crippen molar-refractivity contribution in [3.63, 3.8) is 0 Å². The minimum Gasteiger partial charge on any atom is -0.494 e. The van der Waals surface area contributed by atoms with Crippen molar-refractivity contribution in [2.75, 3.05) is 30.5 Å². The second kappa shape index (κ2) is 15.4. The lowest BCUT2D eigenvalue weighted by atomic mass is 10.1. The summed E-state index contributed by atoms with van der Waals surface area (Å²) >= 11 is 0. The Morgan fingerprint density at radius 2 is 1.55 bits per heavy atom. The van der Waals surface area contributed by atoms with Crippen LogP contribution in [0.25, 0.3) is 0 Å². The standard InChI is InChI=1S/C33H43N3O5S/c1-6-31(33(38)34-23-25(3)4)35(22-21-27-11-9-8-10-12-27)32(37)24-36(28-15-17-29(18-16-28)41-7-2)42(39,40)30-19-13-26(5)14-20-30/h8-20,25,31H,6-7,21-24H2,1-5H3,(H,34,38)/t31-/m0/s1. The van der Waals surface area contributed by atoms with E-state index in [4.69, 9.17) is 4.74 Å². The highest BCUT2D eigenvalue weighted by molar-refractivity contribution is 7.92. The second-order valence-corrected chi connectivity index (χ2v) is 12.5. The minimum atomic E-state index is -4.12. The summed E-state index contributed by atoms with van der Waals surface area (Å²) in [6.45, 7) is 10.4. The maximum atomic E-state index is 14.1. The molecule has 0 fully saturated rings. The van der Waals surface area contributed by atoms with E-state index >= 15 is 0 Å². The smallest absolute Gasteiger partial charge is 0.264 e. The number of nitrogens with one attached hydrogen (secondary N) is 1. The third kappa shape index (κ3) is 8.82. The lowest BCUT2D eigenvalue weighted by Crippen LogP contribution is -2.53. The van der Waals surface area contributed by atoms with Crippen molar-refractivity contribution in [2.45, 2.75) is 58.4 Å². The summed E-state index contributed by atoms with van der Waals surface area (Å²) in [5.74, 6) is 0.135. The normalized spacial score (nSPS) is 12.0. The summed E-state index contributed by atoms with van der Waals surface area (Å²) < 4.78 is 34.6. The molecule has 0 radical (unpaired) electrons. The molecular weight excluding hydrogens is 550 g/mol. The molecule has 9 heteroatoms. The molecule has 42 heavy (non-hydrogen) atoms. The summed E-state index contributed by atoms with van der Waals surface area (Å²) in [6.07, 6.45) is 0.909. The molecule has 0 heterocycles. The number of nitrogens with zero attached hydrogens (tertiary/aromatic N) is 2. The molecule has 0 aliphatic carbocycles. The van der Waals surface area contributed by atoms with Crippen LogP contribution in [0.15, 0.2) is 83.8 Å². The molecule has 3 aromatic carbocycles. The van der Waals surface area contributed by atoms with Crippen LogP contribution >= 0.6 is 0 Å². The Morgan fingerprint density at radius 1 is 0.905 bits per heavy atom. The zero-order valence-corrected chi connectivity index (χ0v) is 26.1. The highest BCUT2D eigenvalue weighted by atomic mass is 32.2. The van der Waals surface area contributed by atoms with Crippen molar-refractivity contribution >= 4 is 27.5 Å². The van der Waals surface area contributed by atoms with E-state index in [-0.39, 0.29) is 23.3 Å². The molecule has 226 valence electrons. The largest absolute Gasteiger partial charge is 0.494 e. The van der Waals surface area contributed by atoms with Gasteiger partial charge in [-0.2, -0.15) is 0 Å². The fourth-order valence-corrected chi connectivity index (χ4v) is 5.97. The van der Waals surface area contributed by atoms with Gasteiger partial charge in [0.25, 0.3) is 10.0 Å². The Morgan fingerprint density at radius 3 is 2.12 bits per heavy atom. The first-order chi connectivity index (χ1) is 20.1. The third-order valence-electron chi connectivity index (χ3n) is 6.88. The fraction of sp³-hybridized carbons (Fsp3) is 0.394. The maximum Gasteiger partial charge on any atom is 0.264 e. The number of anilines is 1. The Hall–Kier alpha value is -3.85. The van der Waals surface area contributed by atoms with Crippen LogP contribution in [0.4, 0.5) is 5.69 Å². The molecule has 0 saturated heterocycles. The van der Waals surface area contributed by atoms with Gasteiger partial charge in [0.15, 0.2) is 0 Å². The van der Waals surface area contributed by atoms with Crippen molar-refractivity contribution in [1.82, 2.24) is 10.2 Å². The summed E-state index contributed by atoms with van der Waals surface area (Å²) in [7, 11) is -4.12. The Labute approximate surface area is 250 Å². The number of aryl methyl sites for hydroxylation is 1. The lowest BCUT2D eigenvalue weighted by molar-refractivity contribution is -0.139. The molecule has 3 rings (SSSR count). The van der Waals surface area contributed by atoms with Crippen LogP contribution in [0.3, 0.4) is 0 Å². The van der Waals surface area contributed by atoms with Crippen molar-refractivity contribution in [1.29, 1.82) is 0 Å². The molecule has 0 aromatic heterocycles. The van der Waals surface area contributed by atoms with Crippen LogP contribution in [0.2, 0.25) is 0 Å². The van der Waals surface area contributed by atoms with Crippen LogP contribution < -0.4 is 14.4 Å². The molecule has 0 spiro atoms. The average Bonchev–Trinajstić information content (AvgIpc) is 2.98. The predicted molar refractivity (Wildman–Crippen MR) is 167 cm³/mol. The van der Waals surface area contributed by atoms with E-state index in [1.807, 2.05) is 65.0 Å². The highest BCUT2D eigenvalue weighted by Crippen LogP contribution is 2.27. The summed E-state index contributed by atoms with van der Waals surface area (Å²) in [5.41, 5.74) is 2.26. The summed E-state index contributed by atoms with van der Waals surface area (Å²) in [6, 6.07) is 22.1. The number of carbonyl (C=O) groups is 2. The van der Waals surface area contributed by atoms with Gasteiger partial charge in [0.1, 0.15) is 18.3 Å². The fourth-order valence-electron chi connectivity index (χ4n) is 4.56. The summed E-state index contributed by atoms with van der Waals surface area (Å²) in [5, 5.41) is 2.95. The SMILES string of the molecule is CCOc1ccc(N(CC(=O)N(CCc2ccccc2)[C@@H](CC)C(=O)NCC(C)C)S(=O)(=O)c2ccc(C)cc2)cc1. The number of rotatable bonds is 15. The Kier molecular flexibility index (Phi) is 12.0. The van der Waals surface area contributed by atoms with Crippen LogP contribution in [-0.2, 0) is 26.0 Å². The van der Waals surface area contributed by atoms with Gasteiger partial charge >= 0.3 is 0 Å². The Bertz CT molecular complexity index is 1390. The van der Waals surface area contributed by atoms with Gasteiger partial charge < -0.3 is 15.0 Å². The molecule has 0 aliphatic heterocycles. The molecule has 8 nitrogen and oxygen atoms in total. The van der Waals surface area contributed by atoms with Gasteiger partial charge in [0, 0.05) is 13.1 Å². The summed E-state index contributed by atoms with van der Waals surface area (Å²) in [4.78, 5) is 29.0. The number of sulfonamides is 1. The predicted octanol–water partition coefficient (Wildman–Crippen LogP) is 5.21. The van der Waals surface area contributed by atoms with Crippen molar-refractivity contribution in [3.8, 4) is 5.75 Å². The van der Waals surface area contributed by atoms with Crippen molar-refractivity contribution in [2.24, 2.45) is 5.92 Å². The topological polar surface area (TPSA) is 96.0 Å². The van der Waals surface area contributed by atoms with E-state index in [1.54, 1.807) is 36.4 Å². The Balaban J connectivity index is 2.00. The molecule has 2 amide bonds. The van der Waals surface area contributed by atoms with Crippen LogP contribution in [0.1, 0.15) is 45.2 Å². The molecule has 0 saturated carbocycles. The van der Waals surface area contributed by atoms with Gasteiger partial charge in [0.2, 0.25) is 11.8 Å². The highest BCUT2D eigenvalue weighted by Gasteiger charge is 2.33. The van der Waals surface area contributed by atoms with Crippen LogP contribution in [0, 0.1) is 12.8 Å². The number of hydrogen-bond donors (Lipinski definition) is 1. The van der Waals surface area contributed by atoms with E-state index < -0.39 is 28.5 Å². The molecular formula is C33H43N3O5S. The molecule has 0 unspecified atom stereocenters. The van der Waals surface area contributed by atoms with Gasteiger partial charge in [-0.25, -0.2) is 8.42 Å².